The van der Waals surface area contributed by atoms with E-state index in [1.54, 1.807) is 0 Å². The number of carboxylic acid groups (broad SMARTS) is 1. The summed E-state index contributed by atoms with van der Waals surface area (Å²) in [6, 6.07) is -1.32. The largest absolute Gasteiger partial charge is 0.480 e. The number of aliphatic carboxylic acids is 1. The fourth-order valence-corrected chi connectivity index (χ4v) is 1.38. The molecule has 0 aromatic rings. The molecule has 1 fully saturated rings. The molecular weight excluding hydrogens is 172 g/mol. The second-order valence-corrected chi connectivity index (χ2v) is 3.29. The van der Waals surface area contributed by atoms with Gasteiger partial charge in [0.05, 0.1) is 6.04 Å². The lowest BCUT2D eigenvalue weighted by atomic mass is 10.0. The van der Waals surface area contributed by atoms with Crippen LogP contribution in [0.25, 0.3) is 0 Å². The number of nitrogens with two attached hydrogens (primary N) is 1. The van der Waals surface area contributed by atoms with E-state index < -0.39 is 18.1 Å². The van der Waals surface area contributed by atoms with E-state index in [9.17, 15) is 9.59 Å². The predicted molar refractivity (Wildman–Crippen MR) is 46.0 cm³/mol. The Morgan fingerprint density at radius 3 is 2.69 bits per heavy atom. The number of carbonyl (C=O) groups is 2. The number of hydrogen-bond donors (Lipinski definition) is 3. The number of nitrogens with one attached hydrogen (secondary N) is 1. The molecule has 1 aliphatic heterocycles. The molecule has 1 aliphatic rings. The van der Waals surface area contributed by atoms with Gasteiger partial charge in [-0.3, -0.25) is 4.79 Å². The fourth-order valence-electron chi connectivity index (χ4n) is 1.38. The standard InChI is InChI=1S/C8H14N2O3/c9-5-3-1-2-4-6(8(12)13)10-7(5)11/h5-6H,1-4,9H2,(H,10,11)(H,12,13). The van der Waals surface area contributed by atoms with Gasteiger partial charge in [-0.25, -0.2) is 4.79 Å². The van der Waals surface area contributed by atoms with Crippen molar-refractivity contribution in [3.05, 3.63) is 0 Å². The first-order valence-electron chi connectivity index (χ1n) is 4.40. The van der Waals surface area contributed by atoms with E-state index >= 15 is 0 Å². The van der Waals surface area contributed by atoms with Crippen molar-refractivity contribution in [3.63, 3.8) is 0 Å². The third-order valence-electron chi connectivity index (χ3n) is 2.21. The van der Waals surface area contributed by atoms with Crippen LogP contribution >= 0.6 is 0 Å². The molecular formula is C8H14N2O3. The summed E-state index contributed by atoms with van der Waals surface area (Å²) in [6.07, 6.45) is 2.75. The molecule has 1 amide bonds. The van der Waals surface area contributed by atoms with Crippen LogP contribution in [0.1, 0.15) is 25.7 Å². The molecule has 5 heteroatoms. The maximum Gasteiger partial charge on any atom is 0.326 e. The van der Waals surface area contributed by atoms with E-state index in [4.69, 9.17) is 10.8 Å². The number of rotatable bonds is 1. The summed E-state index contributed by atoms with van der Waals surface area (Å²) in [7, 11) is 0. The van der Waals surface area contributed by atoms with E-state index in [1.165, 1.54) is 0 Å². The molecule has 13 heavy (non-hydrogen) atoms. The highest BCUT2D eigenvalue weighted by atomic mass is 16.4. The molecule has 0 spiro atoms. The molecule has 5 nitrogen and oxygen atoms in total. The van der Waals surface area contributed by atoms with Gasteiger partial charge in [-0.2, -0.15) is 0 Å². The lowest BCUT2D eigenvalue weighted by Crippen LogP contribution is -2.49. The smallest absolute Gasteiger partial charge is 0.326 e. The van der Waals surface area contributed by atoms with Crippen LogP contribution in [0, 0.1) is 0 Å². The lowest BCUT2D eigenvalue weighted by molar-refractivity contribution is -0.142. The van der Waals surface area contributed by atoms with Gasteiger partial charge < -0.3 is 16.2 Å². The Morgan fingerprint density at radius 2 is 2.08 bits per heavy atom. The molecule has 4 N–H and O–H groups in total. The highest BCUT2D eigenvalue weighted by Gasteiger charge is 2.24. The predicted octanol–water partition coefficient (Wildman–Crippen LogP) is -0.543. The quantitative estimate of drug-likeness (QED) is 0.512. The second kappa shape index (κ2) is 4.23. The number of carboxylic acids is 1. The van der Waals surface area contributed by atoms with E-state index in [-0.39, 0.29) is 5.91 Å². The third-order valence-corrected chi connectivity index (χ3v) is 2.21. The molecule has 1 saturated heterocycles. The average molecular weight is 186 g/mol. The molecule has 0 bridgehead atoms. The molecule has 0 aromatic heterocycles. The lowest BCUT2D eigenvalue weighted by Gasteiger charge is -2.20. The molecule has 0 aromatic carbocycles. The van der Waals surface area contributed by atoms with Gasteiger partial charge in [0.25, 0.3) is 0 Å². The minimum Gasteiger partial charge on any atom is -0.480 e. The average Bonchev–Trinajstić information content (AvgIpc) is 2.06. The van der Waals surface area contributed by atoms with Crippen LogP contribution < -0.4 is 11.1 Å². The molecule has 2 unspecified atom stereocenters. The molecule has 1 heterocycles. The van der Waals surface area contributed by atoms with Gasteiger partial charge in [-0.05, 0) is 12.8 Å². The van der Waals surface area contributed by atoms with Crippen LogP contribution in [0.4, 0.5) is 0 Å². The zero-order chi connectivity index (χ0) is 9.84. The normalized spacial score (nSPS) is 30.1. The molecule has 0 saturated carbocycles. The summed E-state index contributed by atoms with van der Waals surface area (Å²) in [4.78, 5) is 21.8. The minimum absolute atomic E-state index is 0.355. The zero-order valence-corrected chi connectivity index (χ0v) is 7.32. The SMILES string of the molecule is NC1CCCCC(C(=O)O)NC1=O. The van der Waals surface area contributed by atoms with Gasteiger partial charge in [-0.15, -0.1) is 0 Å². The van der Waals surface area contributed by atoms with Crippen molar-refractivity contribution in [2.45, 2.75) is 37.8 Å². The van der Waals surface area contributed by atoms with Crippen molar-refractivity contribution in [1.82, 2.24) is 5.32 Å². The van der Waals surface area contributed by atoms with Gasteiger partial charge in [0.2, 0.25) is 5.91 Å². The Balaban J connectivity index is 2.58. The number of amides is 1. The first-order chi connectivity index (χ1) is 6.11. The maximum absolute atomic E-state index is 11.2. The van der Waals surface area contributed by atoms with Crippen LogP contribution in [0.2, 0.25) is 0 Å². The van der Waals surface area contributed by atoms with Gasteiger partial charge in [0, 0.05) is 0 Å². The summed E-state index contributed by atoms with van der Waals surface area (Å²) < 4.78 is 0. The van der Waals surface area contributed by atoms with Crippen molar-refractivity contribution in [2.75, 3.05) is 0 Å². The third kappa shape index (κ3) is 2.69. The van der Waals surface area contributed by atoms with E-state index in [0.717, 1.165) is 12.8 Å². The Bertz CT molecular complexity index is 217. The highest BCUT2D eigenvalue weighted by Crippen LogP contribution is 2.09. The first kappa shape index (κ1) is 9.98. The Hall–Kier alpha value is -1.10. The van der Waals surface area contributed by atoms with Crippen LogP contribution in [0.5, 0.6) is 0 Å². The molecule has 1 rings (SSSR count). The van der Waals surface area contributed by atoms with Crippen molar-refractivity contribution < 1.29 is 14.7 Å². The summed E-state index contributed by atoms with van der Waals surface area (Å²) >= 11 is 0. The fraction of sp³-hybridized carbons (Fsp3) is 0.750. The van der Waals surface area contributed by atoms with Crippen LogP contribution in [0.15, 0.2) is 0 Å². The van der Waals surface area contributed by atoms with Gasteiger partial charge in [-0.1, -0.05) is 12.8 Å². The summed E-state index contributed by atoms with van der Waals surface area (Å²) in [6.45, 7) is 0. The minimum atomic E-state index is -0.984. The van der Waals surface area contributed by atoms with Crippen molar-refractivity contribution in [1.29, 1.82) is 0 Å². The molecule has 0 aliphatic carbocycles. The van der Waals surface area contributed by atoms with E-state index in [2.05, 4.69) is 5.32 Å². The van der Waals surface area contributed by atoms with Crippen molar-refractivity contribution >= 4 is 11.9 Å². The molecule has 2 atom stereocenters. The van der Waals surface area contributed by atoms with Crippen LogP contribution in [-0.2, 0) is 9.59 Å². The van der Waals surface area contributed by atoms with Crippen molar-refractivity contribution in [2.24, 2.45) is 5.73 Å². The Morgan fingerprint density at radius 1 is 1.46 bits per heavy atom. The van der Waals surface area contributed by atoms with E-state index in [1.807, 2.05) is 0 Å². The zero-order valence-electron chi connectivity index (χ0n) is 7.32. The summed E-state index contributed by atoms with van der Waals surface area (Å²) in [5.41, 5.74) is 5.51. The van der Waals surface area contributed by atoms with Crippen LogP contribution in [0.3, 0.4) is 0 Å². The summed E-state index contributed by atoms with van der Waals surface area (Å²) in [5, 5.41) is 11.1. The summed E-state index contributed by atoms with van der Waals surface area (Å²) in [5.74, 6) is -1.34. The number of carbonyl (C=O) groups excluding carboxylic acids is 1. The van der Waals surface area contributed by atoms with Gasteiger partial charge in [0.15, 0.2) is 0 Å². The second-order valence-electron chi connectivity index (χ2n) is 3.29. The van der Waals surface area contributed by atoms with Gasteiger partial charge >= 0.3 is 5.97 Å². The van der Waals surface area contributed by atoms with E-state index in [0.29, 0.717) is 12.8 Å². The first-order valence-corrected chi connectivity index (χ1v) is 4.40. The maximum atomic E-state index is 11.2. The molecule has 74 valence electrons. The highest BCUT2D eigenvalue weighted by molar-refractivity contribution is 5.86. The topological polar surface area (TPSA) is 92.4 Å². The Kier molecular flexibility index (Phi) is 3.25. The van der Waals surface area contributed by atoms with Crippen LogP contribution in [-0.4, -0.2) is 29.1 Å². The van der Waals surface area contributed by atoms with Gasteiger partial charge in [0.1, 0.15) is 6.04 Å². The van der Waals surface area contributed by atoms with Crippen molar-refractivity contribution in [3.8, 4) is 0 Å². The monoisotopic (exact) mass is 186 g/mol. The molecule has 0 radical (unpaired) electrons. The number of hydrogen-bond acceptors (Lipinski definition) is 3. The Labute approximate surface area is 76.3 Å².